The fraction of sp³-hybridized carbons (Fsp3) is 0.400. The van der Waals surface area contributed by atoms with Crippen LogP contribution in [0.2, 0.25) is 0 Å². The van der Waals surface area contributed by atoms with Crippen molar-refractivity contribution in [2.45, 2.75) is 40.5 Å². The highest BCUT2D eigenvalue weighted by molar-refractivity contribution is 6.55. The van der Waals surface area contributed by atoms with E-state index in [1.807, 2.05) is 62.4 Å². The van der Waals surface area contributed by atoms with Gasteiger partial charge >= 0.3 is 9.05 Å². The maximum atomic E-state index is 6.12. The van der Waals surface area contributed by atoms with Crippen molar-refractivity contribution in [1.29, 1.82) is 0 Å². The topological polar surface area (TPSA) is 36.9 Å². The van der Waals surface area contributed by atoms with Gasteiger partial charge in [0.1, 0.15) is 11.5 Å². The van der Waals surface area contributed by atoms with E-state index in [2.05, 4.69) is 13.8 Å². The lowest BCUT2D eigenvalue weighted by Crippen LogP contribution is -2.55. The molecule has 0 saturated heterocycles. The zero-order valence-electron chi connectivity index (χ0n) is 15.6. The average Bonchev–Trinajstić information content (AvgIpc) is 2.63. The van der Waals surface area contributed by atoms with Crippen molar-refractivity contribution in [1.82, 2.24) is 0 Å². The number of aryl methyl sites for hydroxylation is 2. The Kier molecular flexibility index (Phi) is 7.49. The lowest BCUT2D eigenvalue weighted by Gasteiger charge is -2.27. The molecule has 0 N–H and O–H groups in total. The van der Waals surface area contributed by atoms with Gasteiger partial charge in [-0.05, 0) is 62.1 Å². The van der Waals surface area contributed by atoms with Gasteiger partial charge in [0.2, 0.25) is 0 Å². The number of benzene rings is 2. The van der Waals surface area contributed by atoms with Crippen molar-refractivity contribution in [3.8, 4) is 11.5 Å². The summed E-state index contributed by atoms with van der Waals surface area (Å²) in [6.45, 7) is 8.97. The van der Waals surface area contributed by atoms with E-state index in [1.54, 1.807) is 0 Å². The third-order valence-corrected chi connectivity index (χ3v) is 6.05. The minimum Gasteiger partial charge on any atom is -0.471 e. The Morgan fingerprint density at radius 2 is 0.960 bits per heavy atom. The first-order valence-corrected chi connectivity index (χ1v) is 10.6. The molecule has 2 rings (SSSR count). The van der Waals surface area contributed by atoms with Crippen LogP contribution in [0.5, 0.6) is 11.5 Å². The first-order chi connectivity index (χ1) is 12.1. The maximum absolute atomic E-state index is 6.12. The van der Waals surface area contributed by atoms with Crippen molar-refractivity contribution in [3.05, 3.63) is 59.7 Å². The Labute approximate surface area is 152 Å². The average molecular weight is 361 g/mol. The summed E-state index contributed by atoms with van der Waals surface area (Å²) in [7, 11) is -3.33. The molecule has 0 amide bonds. The van der Waals surface area contributed by atoms with Crippen LogP contribution in [0.1, 0.15) is 38.8 Å². The van der Waals surface area contributed by atoms with E-state index in [-0.39, 0.29) is 0 Å². The minimum atomic E-state index is -3.33. The van der Waals surface area contributed by atoms with Crippen LogP contribution in [-0.4, -0.2) is 22.3 Å². The maximum Gasteiger partial charge on any atom is 0.820 e. The monoisotopic (exact) mass is 360 g/mol. The molecule has 136 valence electrons. The van der Waals surface area contributed by atoms with Gasteiger partial charge in [-0.15, -0.1) is 0 Å². The summed E-state index contributed by atoms with van der Waals surface area (Å²) in [5.41, 5.74) is 2.51. The molecule has 2 aromatic rings. The second-order valence-electron chi connectivity index (χ2n) is 5.57. The standard InChI is InChI=1S/C20H28O4Si/c1-5-17-9-13-19(14-10-17)23-25(21-7-3,22-8-4)24-20-15-11-18(6-2)12-16-20/h9-16H,5-8H2,1-4H3. The molecular formula is C20H28O4Si. The lowest BCUT2D eigenvalue weighted by molar-refractivity contribution is 0.0493. The third-order valence-electron chi connectivity index (χ3n) is 3.79. The van der Waals surface area contributed by atoms with Crippen molar-refractivity contribution in [2.75, 3.05) is 13.2 Å². The van der Waals surface area contributed by atoms with E-state index in [4.69, 9.17) is 17.7 Å². The molecule has 0 unspecified atom stereocenters. The molecule has 5 heteroatoms. The summed E-state index contributed by atoms with van der Waals surface area (Å²) in [5, 5.41) is 0. The van der Waals surface area contributed by atoms with Gasteiger partial charge in [-0.1, -0.05) is 38.1 Å². The molecule has 0 fully saturated rings. The van der Waals surface area contributed by atoms with E-state index in [0.29, 0.717) is 24.7 Å². The molecule has 2 aromatic carbocycles. The van der Waals surface area contributed by atoms with Crippen LogP contribution < -0.4 is 8.85 Å². The van der Waals surface area contributed by atoms with E-state index < -0.39 is 9.05 Å². The highest BCUT2D eigenvalue weighted by Crippen LogP contribution is 2.23. The summed E-state index contributed by atoms with van der Waals surface area (Å²) in [4.78, 5) is 0. The summed E-state index contributed by atoms with van der Waals surface area (Å²) in [6, 6.07) is 15.9. The number of hydrogen-bond donors (Lipinski definition) is 0. The van der Waals surface area contributed by atoms with Crippen molar-refractivity contribution >= 4 is 9.05 Å². The molecule has 0 aliphatic carbocycles. The second kappa shape index (κ2) is 9.61. The molecule has 0 saturated carbocycles. The van der Waals surface area contributed by atoms with Gasteiger partial charge in [-0.2, -0.15) is 0 Å². The van der Waals surface area contributed by atoms with Crippen molar-refractivity contribution in [3.63, 3.8) is 0 Å². The second-order valence-corrected chi connectivity index (χ2v) is 7.55. The Balaban J connectivity index is 2.23. The predicted octanol–water partition coefficient (Wildman–Crippen LogP) is 4.78. The first-order valence-electron chi connectivity index (χ1n) is 8.98. The quantitative estimate of drug-likeness (QED) is 0.572. The van der Waals surface area contributed by atoms with Gasteiger partial charge in [-0.25, -0.2) is 0 Å². The van der Waals surface area contributed by atoms with E-state index in [9.17, 15) is 0 Å². The van der Waals surface area contributed by atoms with Gasteiger partial charge in [0, 0.05) is 13.2 Å². The molecule has 0 spiro atoms. The number of hydrogen-bond acceptors (Lipinski definition) is 4. The molecule has 0 bridgehead atoms. The van der Waals surface area contributed by atoms with Gasteiger partial charge in [0.25, 0.3) is 0 Å². The summed E-state index contributed by atoms with van der Waals surface area (Å²) < 4.78 is 24.0. The van der Waals surface area contributed by atoms with Crippen LogP contribution in [0.3, 0.4) is 0 Å². The van der Waals surface area contributed by atoms with Gasteiger partial charge < -0.3 is 17.7 Å². The summed E-state index contributed by atoms with van der Waals surface area (Å²) >= 11 is 0. The first kappa shape index (κ1) is 19.5. The smallest absolute Gasteiger partial charge is 0.471 e. The predicted molar refractivity (Wildman–Crippen MR) is 102 cm³/mol. The summed E-state index contributed by atoms with van der Waals surface area (Å²) in [5.74, 6) is 1.38. The minimum absolute atomic E-state index is 0.451. The van der Waals surface area contributed by atoms with Crippen LogP contribution in [-0.2, 0) is 21.7 Å². The molecule has 0 heterocycles. The van der Waals surface area contributed by atoms with E-state index in [0.717, 1.165) is 12.8 Å². The van der Waals surface area contributed by atoms with Crippen LogP contribution in [0, 0.1) is 0 Å². The molecule has 0 aromatic heterocycles. The largest absolute Gasteiger partial charge is 0.820 e. The Morgan fingerprint density at radius 3 is 1.24 bits per heavy atom. The zero-order chi connectivity index (χ0) is 18.1. The molecule has 0 atom stereocenters. The van der Waals surface area contributed by atoms with Crippen LogP contribution in [0.4, 0.5) is 0 Å². The van der Waals surface area contributed by atoms with Crippen molar-refractivity contribution in [2.24, 2.45) is 0 Å². The normalized spacial score (nSPS) is 11.4. The Bertz CT molecular complexity index is 568. The van der Waals surface area contributed by atoms with E-state index >= 15 is 0 Å². The van der Waals surface area contributed by atoms with Crippen molar-refractivity contribution < 1.29 is 17.7 Å². The highest BCUT2D eigenvalue weighted by atomic mass is 28.4. The summed E-state index contributed by atoms with van der Waals surface area (Å²) in [6.07, 6.45) is 1.97. The Hall–Kier alpha value is -1.82. The Morgan fingerprint density at radius 1 is 0.600 bits per heavy atom. The molecule has 0 aliphatic rings. The fourth-order valence-electron chi connectivity index (χ4n) is 2.41. The SMILES string of the molecule is CCO[Si](OCC)(Oc1ccc(CC)cc1)Oc1ccc(CC)cc1. The third kappa shape index (κ3) is 5.59. The molecule has 0 aliphatic heterocycles. The molecule has 25 heavy (non-hydrogen) atoms. The molecule has 4 nitrogen and oxygen atoms in total. The molecule has 0 radical (unpaired) electrons. The highest BCUT2D eigenvalue weighted by Gasteiger charge is 2.51. The van der Waals surface area contributed by atoms with E-state index in [1.165, 1.54) is 11.1 Å². The van der Waals surface area contributed by atoms with Crippen LogP contribution in [0.15, 0.2) is 48.5 Å². The number of rotatable bonds is 10. The van der Waals surface area contributed by atoms with Gasteiger partial charge in [0.15, 0.2) is 0 Å². The molecular weight excluding hydrogens is 332 g/mol. The fourth-order valence-corrected chi connectivity index (χ4v) is 4.33. The zero-order valence-corrected chi connectivity index (χ0v) is 16.6. The van der Waals surface area contributed by atoms with Crippen LogP contribution in [0.25, 0.3) is 0 Å². The van der Waals surface area contributed by atoms with Crippen LogP contribution >= 0.6 is 0 Å². The van der Waals surface area contributed by atoms with Gasteiger partial charge in [0.05, 0.1) is 0 Å². The lowest BCUT2D eigenvalue weighted by atomic mass is 10.2. The van der Waals surface area contributed by atoms with Gasteiger partial charge in [-0.3, -0.25) is 0 Å².